The Morgan fingerprint density at radius 3 is 2.71 bits per heavy atom. The van der Waals surface area contributed by atoms with Crippen LogP contribution in [0.5, 0.6) is 0 Å². The largest absolute Gasteiger partial charge is 0.348 e. The van der Waals surface area contributed by atoms with E-state index in [1.807, 2.05) is 24.3 Å². The highest BCUT2D eigenvalue weighted by Crippen LogP contribution is 2.38. The zero-order valence-corrected chi connectivity index (χ0v) is 18.4. The number of benzene rings is 1. The molecule has 5 nitrogen and oxygen atoms in total. The second-order valence-electron chi connectivity index (χ2n) is 7.33. The Hall–Kier alpha value is -2.96. The Bertz CT molecular complexity index is 1110. The van der Waals surface area contributed by atoms with Crippen LogP contribution >= 0.6 is 22.9 Å². The molecule has 0 spiro atoms. The van der Waals surface area contributed by atoms with Crippen LogP contribution in [0.25, 0.3) is 6.08 Å². The third-order valence-corrected chi connectivity index (χ3v) is 6.57. The van der Waals surface area contributed by atoms with Gasteiger partial charge in [-0.1, -0.05) is 29.8 Å². The van der Waals surface area contributed by atoms with Crippen molar-refractivity contribution < 1.29 is 9.59 Å². The van der Waals surface area contributed by atoms with Crippen LogP contribution in [0.2, 0.25) is 5.02 Å². The average molecular weight is 452 g/mol. The van der Waals surface area contributed by atoms with Gasteiger partial charge in [0.25, 0.3) is 5.91 Å². The second kappa shape index (κ2) is 9.90. The van der Waals surface area contributed by atoms with Crippen molar-refractivity contribution in [2.75, 3.05) is 5.32 Å². The van der Waals surface area contributed by atoms with E-state index in [1.54, 1.807) is 30.6 Å². The lowest BCUT2D eigenvalue weighted by Crippen LogP contribution is -2.25. The first kappa shape index (κ1) is 21.3. The molecule has 0 saturated heterocycles. The Balaban J connectivity index is 1.51. The fourth-order valence-corrected chi connectivity index (χ4v) is 4.98. The summed E-state index contributed by atoms with van der Waals surface area (Å²) in [6.45, 7) is 0.390. The number of aromatic nitrogens is 1. The van der Waals surface area contributed by atoms with E-state index in [2.05, 4.69) is 15.6 Å². The van der Waals surface area contributed by atoms with E-state index >= 15 is 0 Å². The van der Waals surface area contributed by atoms with Gasteiger partial charge in [0.05, 0.1) is 5.56 Å². The van der Waals surface area contributed by atoms with E-state index in [4.69, 9.17) is 11.6 Å². The van der Waals surface area contributed by atoms with Crippen LogP contribution in [0.4, 0.5) is 5.00 Å². The summed E-state index contributed by atoms with van der Waals surface area (Å²) in [5.74, 6) is -0.435. The van der Waals surface area contributed by atoms with Gasteiger partial charge in [0, 0.05) is 34.9 Å². The summed E-state index contributed by atoms with van der Waals surface area (Å²) >= 11 is 7.41. The van der Waals surface area contributed by atoms with Crippen LogP contribution in [-0.2, 0) is 24.2 Å². The molecule has 31 heavy (non-hydrogen) atoms. The van der Waals surface area contributed by atoms with Crippen molar-refractivity contribution >= 4 is 45.8 Å². The number of nitrogens with one attached hydrogen (secondary N) is 2. The molecule has 0 saturated carbocycles. The van der Waals surface area contributed by atoms with Gasteiger partial charge in [-0.2, -0.15) is 0 Å². The Morgan fingerprint density at radius 1 is 1.13 bits per heavy atom. The minimum absolute atomic E-state index is 0.166. The molecule has 1 aliphatic rings. The number of carbonyl (C=O) groups is 2. The first-order valence-electron chi connectivity index (χ1n) is 10.2. The molecule has 158 valence electrons. The third kappa shape index (κ3) is 5.40. The Kier molecular flexibility index (Phi) is 6.79. The number of rotatable bonds is 6. The lowest BCUT2D eigenvalue weighted by molar-refractivity contribution is -0.111. The van der Waals surface area contributed by atoms with E-state index < -0.39 is 0 Å². The summed E-state index contributed by atoms with van der Waals surface area (Å²) in [4.78, 5) is 30.9. The van der Waals surface area contributed by atoms with Gasteiger partial charge in [0.2, 0.25) is 5.91 Å². The zero-order chi connectivity index (χ0) is 21.6. The molecule has 2 heterocycles. The number of hydrogen-bond donors (Lipinski definition) is 2. The maximum Gasteiger partial charge on any atom is 0.254 e. The molecule has 2 aromatic heterocycles. The number of anilines is 1. The van der Waals surface area contributed by atoms with Gasteiger partial charge in [0.1, 0.15) is 5.00 Å². The van der Waals surface area contributed by atoms with Crippen molar-refractivity contribution in [1.82, 2.24) is 10.3 Å². The summed E-state index contributed by atoms with van der Waals surface area (Å²) in [5.41, 5.74) is 3.46. The number of halogens is 1. The Labute approximate surface area is 190 Å². The maximum atomic E-state index is 13.1. The van der Waals surface area contributed by atoms with Gasteiger partial charge >= 0.3 is 0 Å². The number of amides is 2. The quantitative estimate of drug-likeness (QED) is 0.502. The van der Waals surface area contributed by atoms with Crippen molar-refractivity contribution in [2.24, 2.45) is 0 Å². The number of pyridine rings is 1. The first-order chi connectivity index (χ1) is 15.1. The van der Waals surface area contributed by atoms with Gasteiger partial charge in [0.15, 0.2) is 0 Å². The van der Waals surface area contributed by atoms with Crippen LogP contribution in [-0.4, -0.2) is 16.8 Å². The highest BCUT2D eigenvalue weighted by atomic mass is 35.5. The highest BCUT2D eigenvalue weighted by molar-refractivity contribution is 7.17. The Morgan fingerprint density at radius 2 is 1.94 bits per heavy atom. The molecule has 1 aromatic carbocycles. The fourth-order valence-electron chi connectivity index (χ4n) is 3.57. The van der Waals surface area contributed by atoms with Crippen molar-refractivity contribution in [1.29, 1.82) is 0 Å². The van der Waals surface area contributed by atoms with Gasteiger partial charge in [-0.25, -0.2) is 0 Å². The number of aryl methyl sites for hydroxylation is 1. The number of nitrogens with zero attached hydrogens (tertiary/aromatic N) is 1. The monoisotopic (exact) mass is 451 g/mol. The van der Waals surface area contributed by atoms with Gasteiger partial charge in [-0.15, -0.1) is 11.3 Å². The number of carbonyl (C=O) groups excluding carboxylic acids is 2. The minimum Gasteiger partial charge on any atom is -0.348 e. The topological polar surface area (TPSA) is 71.1 Å². The molecule has 3 aromatic rings. The van der Waals surface area contributed by atoms with Crippen molar-refractivity contribution in [3.63, 3.8) is 0 Å². The van der Waals surface area contributed by atoms with Crippen LogP contribution in [0, 0.1) is 0 Å². The third-order valence-electron chi connectivity index (χ3n) is 5.11. The highest BCUT2D eigenvalue weighted by Gasteiger charge is 2.26. The maximum absolute atomic E-state index is 13.1. The molecular formula is C24H22ClN3O2S. The molecule has 0 fully saturated rings. The van der Waals surface area contributed by atoms with Crippen LogP contribution in [0.3, 0.4) is 0 Å². The first-order valence-corrected chi connectivity index (χ1v) is 11.4. The summed E-state index contributed by atoms with van der Waals surface area (Å²) in [7, 11) is 0. The van der Waals surface area contributed by atoms with E-state index in [9.17, 15) is 9.59 Å². The van der Waals surface area contributed by atoms with E-state index in [-0.39, 0.29) is 11.8 Å². The smallest absolute Gasteiger partial charge is 0.254 e. The minimum atomic E-state index is -0.269. The molecule has 2 amide bonds. The van der Waals surface area contributed by atoms with E-state index in [0.29, 0.717) is 22.1 Å². The molecule has 7 heteroatoms. The van der Waals surface area contributed by atoms with Gasteiger partial charge < -0.3 is 10.6 Å². The SMILES string of the molecule is O=C(/C=C/c1ccc(Cl)cc1)Nc1sc2c(c1C(=O)NCc1cccnc1)CCCC2. The van der Waals surface area contributed by atoms with Crippen molar-refractivity contribution in [3.8, 4) is 0 Å². The van der Waals surface area contributed by atoms with E-state index in [0.717, 1.165) is 42.4 Å². The summed E-state index contributed by atoms with van der Waals surface area (Å²) < 4.78 is 0. The second-order valence-corrected chi connectivity index (χ2v) is 8.87. The number of thiophene rings is 1. The molecule has 0 bridgehead atoms. The van der Waals surface area contributed by atoms with Gasteiger partial charge in [-0.3, -0.25) is 14.6 Å². The molecule has 0 atom stereocenters. The van der Waals surface area contributed by atoms with Crippen LogP contribution in [0.15, 0.2) is 54.9 Å². The summed E-state index contributed by atoms with van der Waals surface area (Å²) in [6, 6.07) is 11.0. The van der Waals surface area contributed by atoms with E-state index in [1.165, 1.54) is 22.3 Å². The molecule has 0 aliphatic heterocycles. The normalized spacial score (nSPS) is 13.1. The van der Waals surface area contributed by atoms with Crippen molar-refractivity contribution in [2.45, 2.75) is 32.2 Å². The lowest BCUT2D eigenvalue weighted by Gasteiger charge is -2.13. The van der Waals surface area contributed by atoms with Crippen LogP contribution < -0.4 is 10.6 Å². The predicted molar refractivity (Wildman–Crippen MR) is 125 cm³/mol. The van der Waals surface area contributed by atoms with Gasteiger partial charge in [-0.05, 0) is 66.6 Å². The molecule has 0 radical (unpaired) electrons. The fraction of sp³-hybridized carbons (Fsp3) is 0.208. The predicted octanol–water partition coefficient (Wildman–Crippen LogP) is 5.26. The summed E-state index contributed by atoms with van der Waals surface area (Å²) in [5, 5.41) is 7.15. The molecule has 0 unspecified atom stereocenters. The molecule has 2 N–H and O–H groups in total. The molecule has 1 aliphatic carbocycles. The number of hydrogen-bond acceptors (Lipinski definition) is 4. The molecule has 4 rings (SSSR count). The lowest BCUT2D eigenvalue weighted by atomic mass is 9.95. The van der Waals surface area contributed by atoms with Crippen molar-refractivity contribution in [3.05, 3.63) is 87.0 Å². The number of fused-ring (bicyclic) bond motifs is 1. The average Bonchev–Trinajstić information content (AvgIpc) is 3.15. The molecular weight excluding hydrogens is 430 g/mol. The zero-order valence-electron chi connectivity index (χ0n) is 16.9. The van der Waals surface area contributed by atoms with Crippen LogP contribution in [0.1, 0.15) is 44.8 Å². The summed E-state index contributed by atoms with van der Waals surface area (Å²) in [6.07, 6.45) is 10.6. The standard InChI is InChI=1S/C24H22ClN3O2S/c25-18-10-7-16(8-11-18)9-12-21(29)28-24-22(19-5-1-2-6-20(19)31-24)23(30)27-15-17-4-3-13-26-14-17/h3-4,7-14H,1-2,5-6,15H2,(H,27,30)(H,28,29)/b12-9+.